The first kappa shape index (κ1) is 17.6. The molecule has 1 atom stereocenters. The van der Waals surface area contributed by atoms with Gasteiger partial charge in [0.05, 0.1) is 5.38 Å². The number of hydrogen-bond donors (Lipinski definition) is 0. The van der Waals surface area contributed by atoms with Crippen LogP contribution in [0.15, 0.2) is 0 Å². The summed E-state index contributed by atoms with van der Waals surface area (Å²) < 4.78 is 0. The predicted molar refractivity (Wildman–Crippen MR) is 92.1 cm³/mol. The fourth-order valence-corrected chi connectivity index (χ4v) is 3.55. The minimum atomic E-state index is 0.176. The van der Waals surface area contributed by atoms with Crippen molar-refractivity contribution in [1.29, 1.82) is 0 Å². The molecule has 0 fully saturated rings. The molecule has 0 heterocycles. The van der Waals surface area contributed by atoms with Gasteiger partial charge < -0.3 is 0 Å². The number of rotatable bonds is 7. The van der Waals surface area contributed by atoms with Crippen LogP contribution in [0, 0.1) is 34.6 Å². The van der Waals surface area contributed by atoms with Crippen molar-refractivity contribution in [3.63, 3.8) is 0 Å². The summed E-state index contributed by atoms with van der Waals surface area (Å²) in [5.41, 5.74) is 8.45. The zero-order valence-corrected chi connectivity index (χ0v) is 15.0. The predicted octanol–water partition coefficient (Wildman–Crippen LogP) is 6.87. The normalized spacial score (nSPS) is 12.8. The fourth-order valence-electron chi connectivity index (χ4n) is 3.07. The molecule has 0 N–H and O–H groups in total. The topological polar surface area (TPSA) is 0 Å². The lowest BCUT2D eigenvalue weighted by Gasteiger charge is -2.22. The van der Waals surface area contributed by atoms with Gasteiger partial charge in [0, 0.05) is 0 Å². The number of benzene rings is 1. The molecule has 0 saturated heterocycles. The van der Waals surface area contributed by atoms with Crippen LogP contribution in [-0.4, -0.2) is 0 Å². The van der Waals surface area contributed by atoms with E-state index in [0.717, 1.165) is 6.42 Å². The van der Waals surface area contributed by atoms with E-state index in [0.29, 0.717) is 0 Å². The second-order valence-electron chi connectivity index (χ2n) is 6.21. The minimum Gasteiger partial charge on any atom is -0.118 e. The smallest absolute Gasteiger partial charge is 0.0590 e. The number of unbranched alkanes of at least 4 members (excludes halogenated alkanes) is 4. The molecule has 20 heavy (non-hydrogen) atoms. The number of alkyl halides is 1. The summed E-state index contributed by atoms with van der Waals surface area (Å²) in [7, 11) is 0. The van der Waals surface area contributed by atoms with Crippen molar-refractivity contribution in [2.45, 2.75) is 85.4 Å². The van der Waals surface area contributed by atoms with Crippen molar-refractivity contribution >= 4 is 11.6 Å². The maximum atomic E-state index is 6.73. The Morgan fingerprint density at radius 3 is 1.65 bits per heavy atom. The first-order valence-electron chi connectivity index (χ1n) is 8.12. The lowest BCUT2D eigenvalue weighted by atomic mass is 9.87. The van der Waals surface area contributed by atoms with E-state index in [1.807, 2.05) is 0 Å². The van der Waals surface area contributed by atoms with Crippen molar-refractivity contribution in [3.8, 4) is 0 Å². The van der Waals surface area contributed by atoms with Crippen molar-refractivity contribution in [2.24, 2.45) is 0 Å². The second kappa shape index (κ2) is 8.08. The van der Waals surface area contributed by atoms with Gasteiger partial charge in [0.1, 0.15) is 0 Å². The van der Waals surface area contributed by atoms with E-state index in [2.05, 4.69) is 41.5 Å². The Bertz CT molecular complexity index is 417. The van der Waals surface area contributed by atoms with Gasteiger partial charge in [0.2, 0.25) is 0 Å². The summed E-state index contributed by atoms with van der Waals surface area (Å²) in [6, 6.07) is 0. The highest BCUT2D eigenvalue weighted by Gasteiger charge is 2.18. The van der Waals surface area contributed by atoms with E-state index in [-0.39, 0.29) is 5.38 Å². The molecule has 1 rings (SSSR count). The average Bonchev–Trinajstić information content (AvgIpc) is 2.43. The Morgan fingerprint density at radius 2 is 1.15 bits per heavy atom. The maximum absolute atomic E-state index is 6.73. The summed E-state index contributed by atoms with van der Waals surface area (Å²) >= 11 is 6.73. The van der Waals surface area contributed by atoms with Crippen LogP contribution in [0.1, 0.15) is 84.2 Å². The molecule has 0 nitrogen and oxygen atoms in total. The van der Waals surface area contributed by atoms with Gasteiger partial charge in [-0.3, -0.25) is 0 Å². The average molecular weight is 295 g/mol. The van der Waals surface area contributed by atoms with Crippen LogP contribution in [0.5, 0.6) is 0 Å². The van der Waals surface area contributed by atoms with E-state index in [1.54, 1.807) is 0 Å². The van der Waals surface area contributed by atoms with Crippen LogP contribution in [0.4, 0.5) is 0 Å². The molecule has 1 heteroatoms. The minimum absolute atomic E-state index is 0.176. The maximum Gasteiger partial charge on any atom is 0.0590 e. The molecule has 0 aromatic heterocycles. The third kappa shape index (κ3) is 4.01. The first-order chi connectivity index (χ1) is 9.41. The monoisotopic (exact) mass is 294 g/mol. The molecular formula is C19H31Cl. The van der Waals surface area contributed by atoms with Crippen LogP contribution in [-0.2, 0) is 0 Å². The molecule has 0 amide bonds. The highest BCUT2D eigenvalue weighted by molar-refractivity contribution is 6.21. The van der Waals surface area contributed by atoms with Gasteiger partial charge in [-0.05, 0) is 74.4 Å². The molecule has 114 valence electrons. The summed E-state index contributed by atoms with van der Waals surface area (Å²) in [4.78, 5) is 0. The number of hydrogen-bond acceptors (Lipinski definition) is 0. The molecule has 1 aromatic rings. The van der Waals surface area contributed by atoms with Gasteiger partial charge in [0.15, 0.2) is 0 Å². The van der Waals surface area contributed by atoms with Gasteiger partial charge in [0.25, 0.3) is 0 Å². The van der Waals surface area contributed by atoms with Crippen LogP contribution >= 0.6 is 11.6 Å². The highest BCUT2D eigenvalue weighted by atomic mass is 35.5. The summed E-state index contributed by atoms with van der Waals surface area (Å²) in [5.74, 6) is 0. The molecule has 1 aromatic carbocycles. The van der Waals surface area contributed by atoms with Crippen molar-refractivity contribution in [1.82, 2.24) is 0 Å². The molecule has 0 radical (unpaired) electrons. The Morgan fingerprint density at radius 1 is 0.700 bits per heavy atom. The fraction of sp³-hybridized carbons (Fsp3) is 0.684. The van der Waals surface area contributed by atoms with Gasteiger partial charge in [-0.25, -0.2) is 0 Å². The number of halogens is 1. The van der Waals surface area contributed by atoms with Crippen molar-refractivity contribution in [3.05, 3.63) is 33.4 Å². The third-order valence-electron chi connectivity index (χ3n) is 4.93. The Kier molecular flexibility index (Phi) is 7.09. The van der Waals surface area contributed by atoms with Gasteiger partial charge >= 0.3 is 0 Å². The highest BCUT2D eigenvalue weighted by Crippen LogP contribution is 2.36. The summed E-state index contributed by atoms with van der Waals surface area (Å²) in [6.07, 6.45) is 7.68. The zero-order chi connectivity index (χ0) is 15.3. The summed E-state index contributed by atoms with van der Waals surface area (Å²) in [5, 5.41) is 0.176. The van der Waals surface area contributed by atoms with Crippen LogP contribution in [0.3, 0.4) is 0 Å². The second-order valence-corrected chi connectivity index (χ2v) is 6.74. The van der Waals surface area contributed by atoms with E-state index < -0.39 is 0 Å². The van der Waals surface area contributed by atoms with Crippen LogP contribution in [0.25, 0.3) is 0 Å². The molecule has 0 aliphatic carbocycles. The lowest BCUT2D eigenvalue weighted by molar-refractivity contribution is 0.600. The zero-order valence-electron chi connectivity index (χ0n) is 14.2. The van der Waals surface area contributed by atoms with E-state index in [1.165, 1.54) is 65.5 Å². The Hall–Kier alpha value is -0.490. The van der Waals surface area contributed by atoms with E-state index in [4.69, 9.17) is 11.6 Å². The van der Waals surface area contributed by atoms with E-state index >= 15 is 0 Å². The molecule has 0 aliphatic heterocycles. The molecule has 0 saturated carbocycles. The standard InChI is InChI=1S/C19H31Cl/c1-7-8-9-10-11-12-18(20)19-16(5)14(3)13(2)15(4)17(19)6/h18H,7-12H2,1-6H3. The quantitative estimate of drug-likeness (QED) is 0.380. The lowest BCUT2D eigenvalue weighted by Crippen LogP contribution is -2.05. The van der Waals surface area contributed by atoms with Gasteiger partial charge in [-0.1, -0.05) is 39.0 Å². The molecule has 0 bridgehead atoms. The van der Waals surface area contributed by atoms with Gasteiger partial charge in [-0.15, -0.1) is 11.6 Å². The SMILES string of the molecule is CCCCCCCC(Cl)c1c(C)c(C)c(C)c(C)c1C. The summed E-state index contributed by atoms with van der Waals surface area (Å²) in [6.45, 7) is 13.4. The molecule has 0 spiro atoms. The van der Waals surface area contributed by atoms with Gasteiger partial charge in [-0.2, -0.15) is 0 Å². The van der Waals surface area contributed by atoms with Crippen molar-refractivity contribution < 1.29 is 0 Å². The van der Waals surface area contributed by atoms with Crippen molar-refractivity contribution in [2.75, 3.05) is 0 Å². The first-order valence-corrected chi connectivity index (χ1v) is 8.56. The Balaban J connectivity index is 2.80. The Labute approximate surface area is 130 Å². The van der Waals surface area contributed by atoms with E-state index in [9.17, 15) is 0 Å². The third-order valence-corrected chi connectivity index (χ3v) is 5.37. The largest absolute Gasteiger partial charge is 0.118 e. The van der Waals surface area contributed by atoms with Crippen LogP contribution in [0.2, 0.25) is 0 Å². The molecular weight excluding hydrogens is 264 g/mol. The molecule has 0 aliphatic rings. The van der Waals surface area contributed by atoms with Crippen LogP contribution < -0.4 is 0 Å². The molecule has 1 unspecified atom stereocenters.